The largest absolute Gasteiger partial charge is 0.496 e. The molecule has 8 nitrogen and oxygen atoms in total. The number of nitrogens with zero attached hydrogens (tertiary/aromatic N) is 5. The molecular weight excluding hydrogens is 411 g/mol. The maximum absolute atomic E-state index is 13.5. The van der Waals surface area contributed by atoms with Gasteiger partial charge in [-0.2, -0.15) is 0 Å². The third-order valence-corrected chi connectivity index (χ3v) is 6.10. The minimum absolute atomic E-state index is 0.0424. The first kappa shape index (κ1) is 21.9. The third-order valence-electron chi connectivity index (χ3n) is 6.10. The van der Waals surface area contributed by atoms with Gasteiger partial charge in [0.15, 0.2) is 0 Å². The van der Waals surface area contributed by atoms with Gasteiger partial charge in [-0.15, -0.1) is 5.10 Å². The Balaban J connectivity index is 1.58. The monoisotopic (exact) mass is 438 g/mol. The molecule has 32 heavy (non-hydrogen) atoms. The molecule has 0 aliphatic heterocycles. The first-order valence-corrected chi connectivity index (χ1v) is 10.6. The molecule has 3 atom stereocenters. The number of hydrogen-bond donors (Lipinski definition) is 1. The first-order chi connectivity index (χ1) is 15.5. The highest BCUT2D eigenvalue weighted by Gasteiger charge is 2.41. The summed E-state index contributed by atoms with van der Waals surface area (Å²) in [5, 5.41) is 15.0. The van der Waals surface area contributed by atoms with Gasteiger partial charge in [0.2, 0.25) is 5.91 Å². The average Bonchev–Trinajstić information content (AvgIpc) is 3.48. The number of benzene rings is 2. The molecule has 4 rings (SSSR count). The van der Waals surface area contributed by atoms with Crippen LogP contribution in [0.25, 0.3) is 5.69 Å². The van der Waals surface area contributed by atoms with Crippen molar-refractivity contribution < 1.29 is 13.9 Å². The zero-order valence-electron chi connectivity index (χ0n) is 18.4. The number of ether oxygens (including phenoxy) is 1. The molecule has 0 unspecified atom stereocenters. The van der Waals surface area contributed by atoms with Crippen molar-refractivity contribution in [1.82, 2.24) is 30.4 Å². The SMILES string of the molecule is COc1ccc(-n2cnnn2)cc1CN[C@H]1CC[C@@H](C(=O)N(C)C)[C@@H]1c1ccc(F)cc1. The fraction of sp³-hybridized carbons (Fsp3) is 0.391. The molecule has 1 amide bonds. The maximum atomic E-state index is 13.5. The van der Waals surface area contributed by atoms with Crippen LogP contribution in [0.3, 0.4) is 0 Å². The van der Waals surface area contributed by atoms with Crippen molar-refractivity contribution in [3.05, 3.63) is 65.7 Å². The van der Waals surface area contributed by atoms with E-state index in [2.05, 4.69) is 20.8 Å². The van der Waals surface area contributed by atoms with Crippen LogP contribution in [0.15, 0.2) is 48.8 Å². The molecule has 1 fully saturated rings. The predicted molar refractivity (Wildman–Crippen MR) is 117 cm³/mol. The molecule has 0 saturated heterocycles. The normalized spacial score (nSPS) is 20.3. The third kappa shape index (κ3) is 4.47. The molecule has 3 aromatic rings. The Morgan fingerprint density at radius 3 is 2.66 bits per heavy atom. The van der Waals surface area contributed by atoms with E-state index < -0.39 is 0 Å². The van der Waals surface area contributed by atoms with Gasteiger partial charge in [0.05, 0.1) is 12.8 Å². The van der Waals surface area contributed by atoms with E-state index in [0.717, 1.165) is 35.4 Å². The number of halogens is 1. The van der Waals surface area contributed by atoms with Crippen LogP contribution in [0.2, 0.25) is 0 Å². The Kier molecular flexibility index (Phi) is 6.45. The molecule has 168 valence electrons. The lowest BCUT2D eigenvalue weighted by Gasteiger charge is -2.28. The van der Waals surface area contributed by atoms with E-state index in [4.69, 9.17) is 4.74 Å². The zero-order chi connectivity index (χ0) is 22.7. The Morgan fingerprint density at radius 2 is 2.00 bits per heavy atom. The van der Waals surface area contributed by atoms with Gasteiger partial charge in [0.25, 0.3) is 0 Å². The van der Waals surface area contributed by atoms with Crippen LogP contribution >= 0.6 is 0 Å². The molecule has 9 heteroatoms. The molecular formula is C23H27FN6O2. The number of rotatable bonds is 7. The Hall–Kier alpha value is -3.33. The summed E-state index contributed by atoms with van der Waals surface area (Å²) in [6.07, 6.45) is 3.16. The second-order valence-corrected chi connectivity index (χ2v) is 8.23. The van der Waals surface area contributed by atoms with Crippen molar-refractivity contribution in [3.8, 4) is 11.4 Å². The fourth-order valence-electron chi connectivity index (χ4n) is 4.55. The van der Waals surface area contributed by atoms with Crippen molar-refractivity contribution in [2.24, 2.45) is 5.92 Å². The Labute approximate surface area is 186 Å². The van der Waals surface area contributed by atoms with E-state index in [1.807, 2.05) is 18.2 Å². The van der Waals surface area contributed by atoms with Crippen LogP contribution in [0.5, 0.6) is 5.75 Å². The lowest BCUT2D eigenvalue weighted by Crippen LogP contribution is -2.37. The second-order valence-electron chi connectivity index (χ2n) is 8.23. The van der Waals surface area contributed by atoms with Crippen LogP contribution in [-0.2, 0) is 11.3 Å². The van der Waals surface area contributed by atoms with Gasteiger partial charge in [-0.1, -0.05) is 12.1 Å². The maximum Gasteiger partial charge on any atom is 0.225 e. The van der Waals surface area contributed by atoms with Crippen LogP contribution in [0.1, 0.15) is 29.9 Å². The molecule has 1 aliphatic rings. The van der Waals surface area contributed by atoms with Crippen LogP contribution in [0, 0.1) is 11.7 Å². The summed E-state index contributed by atoms with van der Waals surface area (Å²) in [7, 11) is 5.19. The van der Waals surface area contributed by atoms with Crippen LogP contribution < -0.4 is 10.1 Å². The van der Waals surface area contributed by atoms with Gasteiger partial charge < -0.3 is 15.0 Å². The summed E-state index contributed by atoms with van der Waals surface area (Å²) >= 11 is 0. The highest BCUT2D eigenvalue weighted by atomic mass is 19.1. The number of carbonyl (C=O) groups is 1. The number of aromatic nitrogens is 4. The van der Waals surface area contributed by atoms with Gasteiger partial charge in [-0.3, -0.25) is 4.79 Å². The van der Waals surface area contributed by atoms with Crippen molar-refractivity contribution in [2.45, 2.75) is 31.3 Å². The quantitative estimate of drug-likeness (QED) is 0.610. The van der Waals surface area contributed by atoms with Crippen molar-refractivity contribution >= 4 is 5.91 Å². The van der Waals surface area contributed by atoms with Gasteiger partial charge in [-0.05, 0) is 59.2 Å². The molecule has 1 aliphatic carbocycles. The average molecular weight is 439 g/mol. The van der Waals surface area contributed by atoms with E-state index in [1.54, 1.807) is 42.9 Å². The standard InChI is InChI=1S/C23H27FN6O2/c1-29(2)23(31)19-9-10-20(22(19)15-4-6-17(24)7-5-15)25-13-16-12-18(8-11-21(16)32-3)30-14-26-27-28-30/h4-8,11-12,14,19-20,22,25H,9-10,13H2,1-3H3/t19-,20+,22+/m1/s1. The van der Waals surface area contributed by atoms with Crippen LogP contribution in [0.4, 0.5) is 4.39 Å². The van der Waals surface area contributed by atoms with Crippen LogP contribution in [-0.4, -0.2) is 58.3 Å². The number of methoxy groups -OCH3 is 1. The fourth-order valence-corrected chi connectivity index (χ4v) is 4.55. The highest BCUT2D eigenvalue weighted by molar-refractivity contribution is 5.80. The van der Waals surface area contributed by atoms with Crippen molar-refractivity contribution in [2.75, 3.05) is 21.2 Å². The number of hydrogen-bond acceptors (Lipinski definition) is 6. The predicted octanol–water partition coefficient (Wildman–Crippen LogP) is 2.55. The molecule has 1 saturated carbocycles. The molecule has 0 bridgehead atoms. The van der Waals surface area contributed by atoms with Gasteiger partial charge in [0.1, 0.15) is 17.9 Å². The van der Waals surface area contributed by atoms with Crippen molar-refractivity contribution in [1.29, 1.82) is 0 Å². The van der Waals surface area contributed by atoms with E-state index in [-0.39, 0.29) is 29.6 Å². The minimum Gasteiger partial charge on any atom is -0.496 e. The summed E-state index contributed by atoms with van der Waals surface area (Å²) < 4.78 is 20.7. The lowest BCUT2D eigenvalue weighted by atomic mass is 9.85. The highest BCUT2D eigenvalue weighted by Crippen LogP contribution is 2.41. The summed E-state index contributed by atoms with van der Waals surface area (Å²) in [5.41, 5.74) is 2.76. The van der Waals surface area contributed by atoms with E-state index in [9.17, 15) is 9.18 Å². The number of amides is 1. The zero-order valence-corrected chi connectivity index (χ0v) is 18.4. The smallest absolute Gasteiger partial charge is 0.225 e. The second kappa shape index (κ2) is 9.44. The topological polar surface area (TPSA) is 85.2 Å². The number of carbonyl (C=O) groups excluding carboxylic acids is 1. The Bertz CT molecular complexity index is 1050. The summed E-state index contributed by atoms with van der Waals surface area (Å²) in [6, 6.07) is 12.3. The number of tetrazole rings is 1. The molecule has 0 radical (unpaired) electrons. The lowest BCUT2D eigenvalue weighted by molar-refractivity contribution is -0.133. The summed E-state index contributed by atoms with van der Waals surface area (Å²) in [5.74, 6) is 0.381. The van der Waals surface area contributed by atoms with Crippen molar-refractivity contribution in [3.63, 3.8) is 0 Å². The Morgan fingerprint density at radius 1 is 1.22 bits per heavy atom. The molecule has 1 N–H and O–H groups in total. The number of nitrogens with one attached hydrogen (secondary N) is 1. The summed E-state index contributed by atoms with van der Waals surface area (Å²) in [6.45, 7) is 0.546. The molecule has 1 heterocycles. The first-order valence-electron chi connectivity index (χ1n) is 10.6. The van der Waals surface area contributed by atoms with E-state index in [1.165, 1.54) is 18.5 Å². The molecule has 2 aromatic carbocycles. The molecule has 0 spiro atoms. The van der Waals surface area contributed by atoms with Gasteiger partial charge >= 0.3 is 0 Å². The van der Waals surface area contributed by atoms with E-state index >= 15 is 0 Å². The van der Waals surface area contributed by atoms with Gasteiger partial charge in [0, 0.05) is 44.1 Å². The molecule has 1 aromatic heterocycles. The van der Waals surface area contributed by atoms with E-state index in [0.29, 0.717) is 6.54 Å². The van der Waals surface area contributed by atoms with Gasteiger partial charge in [-0.25, -0.2) is 9.07 Å². The minimum atomic E-state index is -0.282. The summed E-state index contributed by atoms with van der Waals surface area (Å²) in [4.78, 5) is 14.5.